The fourth-order valence-corrected chi connectivity index (χ4v) is 4.37. The normalized spacial score (nSPS) is 11.0. The summed E-state index contributed by atoms with van der Waals surface area (Å²) in [5.41, 5.74) is 7.65. The summed E-state index contributed by atoms with van der Waals surface area (Å²) in [7, 11) is 0. The predicted molar refractivity (Wildman–Crippen MR) is 129 cm³/mol. The maximum absolute atomic E-state index is 4.91. The lowest BCUT2D eigenvalue weighted by atomic mass is 10.1. The highest BCUT2D eigenvalue weighted by Gasteiger charge is 2.15. The molecular weight excluding hydrogens is 414 g/mol. The number of nitrogens with zero attached hydrogens (tertiary/aromatic N) is 4. The fourth-order valence-electron chi connectivity index (χ4n) is 3.62. The Bertz CT molecular complexity index is 1250. The van der Waals surface area contributed by atoms with Crippen molar-refractivity contribution in [1.82, 2.24) is 25.0 Å². The average molecular weight is 438 g/mol. The quantitative estimate of drug-likeness (QED) is 0.318. The minimum absolute atomic E-state index is 0.698. The van der Waals surface area contributed by atoms with Gasteiger partial charge in [-0.15, -0.1) is 5.10 Å². The van der Waals surface area contributed by atoms with E-state index in [-0.39, 0.29) is 0 Å². The maximum atomic E-state index is 4.91. The summed E-state index contributed by atoms with van der Waals surface area (Å²) < 4.78 is 1.89. The number of aryl methyl sites for hydroxylation is 1. The highest BCUT2D eigenvalue weighted by Crippen LogP contribution is 2.33. The third-order valence-corrected chi connectivity index (χ3v) is 6.24. The Morgan fingerprint density at radius 2 is 1.53 bits per heavy atom. The van der Waals surface area contributed by atoms with E-state index in [0.29, 0.717) is 5.75 Å². The zero-order valence-corrected chi connectivity index (χ0v) is 18.6. The molecule has 0 radical (unpaired) electrons. The van der Waals surface area contributed by atoms with Crippen molar-refractivity contribution >= 4 is 11.8 Å². The van der Waals surface area contributed by atoms with Crippen molar-refractivity contribution in [2.75, 3.05) is 0 Å². The lowest BCUT2D eigenvalue weighted by Crippen LogP contribution is -2.01. The Hall–Kier alpha value is -3.64. The number of benzene rings is 3. The van der Waals surface area contributed by atoms with Crippen LogP contribution < -0.4 is 0 Å². The molecule has 5 nitrogen and oxygen atoms in total. The molecule has 0 saturated heterocycles. The highest BCUT2D eigenvalue weighted by atomic mass is 32.2. The van der Waals surface area contributed by atoms with Crippen LogP contribution >= 0.6 is 11.8 Å². The van der Waals surface area contributed by atoms with Crippen LogP contribution in [0, 0.1) is 6.92 Å². The molecule has 5 rings (SSSR count). The van der Waals surface area contributed by atoms with Gasteiger partial charge in [-0.1, -0.05) is 102 Å². The molecule has 158 valence electrons. The predicted octanol–water partition coefficient (Wildman–Crippen LogP) is 5.98. The van der Waals surface area contributed by atoms with Gasteiger partial charge >= 0.3 is 0 Å². The summed E-state index contributed by atoms with van der Waals surface area (Å²) in [6.45, 7) is 2.84. The molecule has 2 heterocycles. The summed E-state index contributed by atoms with van der Waals surface area (Å²) in [5, 5.41) is 9.53. The molecule has 0 amide bonds. The number of H-pyrrole nitrogens is 1. The van der Waals surface area contributed by atoms with Crippen LogP contribution in [0.4, 0.5) is 0 Å². The van der Waals surface area contributed by atoms with Gasteiger partial charge in [0.1, 0.15) is 0 Å². The molecule has 5 aromatic rings. The average Bonchev–Trinajstić information content (AvgIpc) is 3.47. The first-order valence-electron chi connectivity index (χ1n) is 10.5. The van der Waals surface area contributed by atoms with Gasteiger partial charge in [0, 0.05) is 23.1 Å². The van der Waals surface area contributed by atoms with Gasteiger partial charge < -0.3 is 4.98 Å². The molecule has 0 spiro atoms. The van der Waals surface area contributed by atoms with Crippen molar-refractivity contribution in [1.29, 1.82) is 0 Å². The van der Waals surface area contributed by atoms with Gasteiger partial charge in [-0.2, -0.15) is 0 Å². The molecular formula is C26H23N5S. The van der Waals surface area contributed by atoms with Gasteiger partial charge in [-0.3, -0.25) is 0 Å². The lowest BCUT2D eigenvalue weighted by Gasteiger charge is -2.04. The molecule has 3 aromatic carbocycles. The van der Waals surface area contributed by atoms with E-state index in [2.05, 4.69) is 70.8 Å². The second-order valence-corrected chi connectivity index (χ2v) is 8.58. The van der Waals surface area contributed by atoms with Crippen molar-refractivity contribution in [3.63, 3.8) is 0 Å². The monoisotopic (exact) mass is 437 g/mol. The van der Waals surface area contributed by atoms with E-state index in [1.807, 2.05) is 47.3 Å². The summed E-state index contributed by atoms with van der Waals surface area (Å²) in [6, 6.07) is 29.0. The summed E-state index contributed by atoms with van der Waals surface area (Å²) in [5.74, 6) is 0.698. The zero-order valence-electron chi connectivity index (χ0n) is 17.8. The van der Waals surface area contributed by atoms with Gasteiger partial charge in [-0.25, -0.2) is 9.67 Å². The molecule has 0 saturated carbocycles. The zero-order chi connectivity index (χ0) is 21.8. The van der Waals surface area contributed by atoms with Crippen LogP contribution in [0.15, 0.2) is 96.3 Å². The molecule has 2 aromatic heterocycles. The van der Waals surface area contributed by atoms with Crippen molar-refractivity contribution in [2.45, 2.75) is 24.4 Å². The third-order valence-electron chi connectivity index (χ3n) is 5.33. The van der Waals surface area contributed by atoms with Crippen LogP contribution in [-0.4, -0.2) is 25.0 Å². The minimum atomic E-state index is 0.698. The van der Waals surface area contributed by atoms with Crippen LogP contribution in [0.5, 0.6) is 0 Å². The Labute approximate surface area is 191 Å². The first-order valence-corrected chi connectivity index (χ1v) is 11.5. The number of aromatic amines is 1. The van der Waals surface area contributed by atoms with E-state index in [9.17, 15) is 0 Å². The Morgan fingerprint density at radius 3 is 2.28 bits per heavy atom. The lowest BCUT2D eigenvalue weighted by molar-refractivity contribution is 0.647. The third kappa shape index (κ3) is 4.50. The van der Waals surface area contributed by atoms with Gasteiger partial charge in [0.15, 0.2) is 5.16 Å². The summed E-state index contributed by atoms with van der Waals surface area (Å²) in [6.07, 6.45) is 2.01. The van der Waals surface area contributed by atoms with Crippen LogP contribution in [0.25, 0.3) is 22.5 Å². The van der Waals surface area contributed by atoms with E-state index in [0.717, 1.165) is 39.9 Å². The van der Waals surface area contributed by atoms with Crippen molar-refractivity contribution in [3.8, 4) is 22.5 Å². The second kappa shape index (κ2) is 9.24. The largest absolute Gasteiger partial charge is 0.332 e. The van der Waals surface area contributed by atoms with Gasteiger partial charge in [-0.05, 0) is 18.1 Å². The number of imidazole rings is 1. The number of rotatable bonds is 7. The topological polar surface area (TPSA) is 59.4 Å². The van der Waals surface area contributed by atoms with Gasteiger partial charge in [0.2, 0.25) is 0 Å². The molecule has 0 aliphatic heterocycles. The van der Waals surface area contributed by atoms with E-state index < -0.39 is 0 Å². The van der Waals surface area contributed by atoms with Crippen LogP contribution in [-0.2, 0) is 12.3 Å². The van der Waals surface area contributed by atoms with Gasteiger partial charge in [0.05, 0.1) is 23.6 Å². The molecule has 0 aliphatic rings. The van der Waals surface area contributed by atoms with E-state index >= 15 is 0 Å². The Balaban J connectivity index is 1.35. The van der Waals surface area contributed by atoms with E-state index in [4.69, 9.17) is 4.98 Å². The maximum Gasteiger partial charge on any atom is 0.166 e. The highest BCUT2D eigenvalue weighted by molar-refractivity contribution is 7.98. The number of thioether (sulfide) groups is 1. The molecule has 0 atom stereocenters. The van der Waals surface area contributed by atoms with Crippen molar-refractivity contribution < 1.29 is 0 Å². The van der Waals surface area contributed by atoms with Crippen LogP contribution in [0.2, 0.25) is 0 Å². The minimum Gasteiger partial charge on any atom is -0.332 e. The van der Waals surface area contributed by atoms with Crippen LogP contribution in [0.1, 0.15) is 16.8 Å². The molecule has 0 unspecified atom stereocenters. The number of aromatic nitrogens is 5. The number of hydrogen-bond acceptors (Lipinski definition) is 4. The van der Waals surface area contributed by atoms with Crippen molar-refractivity contribution in [2.24, 2.45) is 0 Å². The summed E-state index contributed by atoms with van der Waals surface area (Å²) >= 11 is 1.64. The first-order chi connectivity index (χ1) is 15.8. The molecule has 32 heavy (non-hydrogen) atoms. The molecule has 0 bridgehead atoms. The smallest absolute Gasteiger partial charge is 0.166 e. The Morgan fingerprint density at radius 1 is 0.844 bits per heavy atom. The molecule has 1 N–H and O–H groups in total. The van der Waals surface area contributed by atoms with E-state index in [1.54, 1.807) is 11.8 Å². The summed E-state index contributed by atoms with van der Waals surface area (Å²) in [4.78, 5) is 8.43. The standard InChI is InChI=1S/C26H23N5S/c1-19-10-8-9-15-22(19)16-31-17-23(29-30-31)18-32-26-27-24(20-11-4-2-5-12-20)25(28-26)21-13-6-3-7-14-21/h2-15,17H,16,18H2,1H3,(H,27,28). The first kappa shape index (κ1) is 20.3. The number of nitrogens with one attached hydrogen (secondary N) is 1. The number of hydrogen-bond donors (Lipinski definition) is 1. The van der Waals surface area contributed by atoms with Crippen molar-refractivity contribution in [3.05, 3.63) is 108 Å². The second-order valence-electron chi connectivity index (χ2n) is 7.62. The molecule has 0 fully saturated rings. The van der Waals surface area contributed by atoms with Gasteiger partial charge in [0.25, 0.3) is 0 Å². The van der Waals surface area contributed by atoms with E-state index in [1.165, 1.54) is 11.1 Å². The molecule has 0 aliphatic carbocycles. The Kier molecular flexibility index (Phi) is 5.85. The fraction of sp³-hybridized carbons (Fsp3) is 0.115. The van der Waals surface area contributed by atoms with Crippen LogP contribution in [0.3, 0.4) is 0 Å². The SMILES string of the molecule is Cc1ccccc1Cn1cc(CSc2nc(-c3ccccc3)c(-c3ccccc3)[nH]2)nn1. The molecule has 6 heteroatoms.